The molecule has 1 heterocycles. The summed E-state index contributed by atoms with van der Waals surface area (Å²) in [6, 6.07) is 6.61. The van der Waals surface area contributed by atoms with Gasteiger partial charge >= 0.3 is 5.63 Å². The number of fused-ring (bicyclic) bond motifs is 1. The number of aromatic hydroxyl groups is 1. The van der Waals surface area contributed by atoms with Gasteiger partial charge in [0, 0.05) is 17.5 Å². The summed E-state index contributed by atoms with van der Waals surface area (Å²) in [5.41, 5.74) is 1.18. The molecule has 0 aliphatic rings. The Morgan fingerprint density at radius 2 is 1.24 bits per heavy atom. The topological polar surface area (TPSA) is 50.4 Å². The Balaban J connectivity index is 1.49. The number of unbranched alkanes of at least 4 members (excludes halogenated alkanes) is 14. The van der Waals surface area contributed by atoms with Crippen LogP contribution in [0.1, 0.15) is 109 Å². The lowest BCUT2D eigenvalue weighted by Crippen LogP contribution is -2.00. The fraction of sp³-hybridized carbons (Fsp3) is 0.654. The van der Waals surface area contributed by atoms with E-state index in [4.69, 9.17) is 4.42 Å². The lowest BCUT2D eigenvalue weighted by Gasteiger charge is -2.06. The maximum absolute atomic E-state index is 11.7. The zero-order valence-corrected chi connectivity index (χ0v) is 18.4. The Morgan fingerprint density at radius 1 is 0.724 bits per heavy atom. The van der Waals surface area contributed by atoms with Crippen LogP contribution in [0.15, 0.2) is 33.5 Å². The fourth-order valence-corrected chi connectivity index (χ4v) is 4.11. The van der Waals surface area contributed by atoms with E-state index in [0.29, 0.717) is 5.58 Å². The predicted octanol–water partition coefficient (Wildman–Crippen LogP) is 7.91. The van der Waals surface area contributed by atoms with Crippen molar-refractivity contribution < 1.29 is 9.52 Å². The Bertz CT molecular complexity index is 747. The van der Waals surface area contributed by atoms with Gasteiger partial charge in [-0.3, -0.25) is 0 Å². The van der Waals surface area contributed by atoms with Gasteiger partial charge in [0.05, 0.1) is 0 Å². The summed E-state index contributed by atoms with van der Waals surface area (Å²) in [7, 11) is 0. The summed E-state index contributed by atoms with van der Waals surface area (Å²) >= 11 is 0. The van der Waals surface area contributed by atoms with E-state index in [1.165, 1.54) is 96.0 Å². The number of hydrogen-bond acceptors (Lipinski definition) is 3. The lowest BCUT2D eigenvalue weighted by molar-refractivity contribution is 0.473. The molecule has 0 amide bonds. The molecule has 2 rings (SSSR count). The van der Waals surface area contributed by atoms with Crippen LogP contribution in [0.4, 0.5) is 0 Å². The van der Waals surface area contributed by atoms with Gasteiger partial charge in [-0.05, 0) is 30.5 Å². The second-order valence-electron chi connectivity index (χ2n) is 8.47. The van der Waals surface area contributed by atoms with Gasteiger partial charge in [-0.25, -0.2) is 4.79 Å². The molecular formula is C26H40O3. The van der Waals surface area contributed by atoms with Crippen LogP contribution in [0.25, 0.3) is 11.0 Å². The Hall–Kier alpha value is -1.77. The van der Waals surface area contributed by atoms with Crippen LogP contribution in [0, 0.1) is 0 Å². The molecule has 0 aliphatic heterocycles. The van der Waals surface area contributed by atoms with E-state index in [2.05, 4.69) is 6.92 Å². The van der Waals surface area contributed by atoms with Gasteiger partial charge < -0.3 is 9.52 Å². The monoisotopic (exact) mass is 400 g/mol. The van der Waals surface area contributed by atoms with Crippen LogP contribution in [0.3, 0.4) is 0 Å². The van der Waals surface area contributed by atoms with Crippen LogP contribution in [0.2, 0.25) is 0 Å². The summed E-state index contributed by atoms with van der Waals surface area (Å²) in [5.74, 6) is 0.129. The van der Waals surface area contributed by atoms with Crippen molar-refractivity contribution in [2.45, 2.75) is 110 Å². The third-order valence-corrected chi connectivity index (χ3v) is 5.86. The standard InChI is InChI=1S/C26H40O3/c1-2-3-4-5-6-7-8-9-10-11-12-13-14-15-16-17-22-20-26(28)29-25-21-23(27)18-19-24(22)25/h18-21,27H,2-17H2,1H3. The number of phenols is 1. The van der Waals surface area contributed by atoms with Gasteiger partial charge in [-0.2, -0.15) is 0 Å². The van der Waals surface area contributed by atoms with Gasteiger partial charge in [-0.1, -0.05) is 96.8 Å². The van der Waals surface area contributed by atoms with Gasteiger partial charge in [0.1, 0.15) is 11.3 Å². The van der Waals surface area contributed by atoms with Gasteiger partial charge in [0.25, 0.3) is 0 Å². The Morgan fingerprint density at radius 3 is 1.79 bits per heavy atom. The molecule has 0 aliphatic carbocycles. The molecule has 3 heteroatoms. The predicted molar refractivity (Wildman–Crippen MR) is 123 cm³/mol. The van der Waals surface area contributed by atoms with Crippen molar-refractivity contribution >= 4 is 11.0 Å². The fourth-order valence-electron chi connectivity index (χ4n) is 4.11. The van der Waals surface area contributed by atoms with Crippen LogP contribution in [0.5, 0.6) is 5.75 Å². The van der Waals surface area contributed by atoms with Crippen molar-refractivity contribution in [3.05, 3.63) is 40.2 Å². The quantitative estimate of drug-likeness (QED) is 0.230. The average molecular weight is 401 g/mol. The highest BCUT2D eigenvalue weighted by Gasteiger charge is 2.06. The first kappa shape index (κ1) is 23.5. The van der Waals surface area contributed by atoms with E-state index in [9.17, 15) is 9.90 Å². The van der Waals surface area contributed by atoms with Gasteiger partial charge in [-0.15, -0.1) is 0 Å². The minimum atomic E-state index is -0.334. The third kappa shape index (κ3) is 9.51. The van der Waals surface area contributed by atoms with E-state index in [-0.39, 0.29) is 11.4 Å². The summed E-state index contributed by atoms with van der Waals surface area (Å²) in [6.07, 6.45) is 21.2. The van der Waals surface area contributed by atoms with Crippen molar-refractivity contribution in [1.82, 2.24) is 0 Å². The van der Waals surface area contributed by atoms with E-state index in [0.717, 1.165) is 23.8 Å². The van der Waals surface area contributed by atoms with Crippen LogP contribution < -0.4 is 5.63 Å². The molecule has 0 atom stereocenters. The zero-order chi connectivity index (χ0) is 20.7. The minimum absolute atomic E-state index is 0.129. The zero-order valence-electron chi connectivity index (χ0n) is 18.4. The van der Waals surface area contributed by atoms with Crippen molar-refractivity contribution in [2.24, 2.45) is 0 Å². The van der Waals surface area contributed by atoms with E-state index in [1.807, 2.05) is 6.07 Å². The highest BCUT2D eigenvalue weighted by Crippen LogP contribution is 2.23. The molecule has 0 saturated heterocycles. The smallest absolute Gasteiger partial charge is 0.336 e. The summed E-state index contributed by atoms with van der Waals surface area (Å²) < 4.78 is 5.20. The number of rotatable bonds is 16. The molecule has 0 unspecified atom stereocenters. The molecule has 0 fully saturated rings. The molecule has 0 radical (unpaired) electrons. The molecule has 162 valence electrons. The SMILES string of the molecule is CCCCCCCCCCCCCCCCCc1cc(=O)oc2cc(O)ccc12. The lowest BCUT2D eigenvalue weighted by atomic mass is 10.0. The van der Waals surface area contributed by atoms with Crippen LogP contribution in [-0.4, -0.2) is 5.11 Å². The first-order valence-corrected chi connectivity index (χ1v) is 12.0. The first-order chi connectivity index (χ1) is 14.2. The highest BCUT2D eigenvalue weighted by molar-refractivity contribution is 5.81. The molecule has 2 aromatic rings. The number of aryl methyl sites for hydroxylation is 1. The molecule has 0 spiro atoms. The van der Waals surface area contributed by atoms with Crippen LogP contribution in [-0.2, 0) is 6.42 Å². The van der Waals surface area contributed by atoms with E-state index in [1.54, 1.807) is 12.1 Å². The maximum Gasteiger partial charge on any atom is 0.336 e. The first-order valence-electron chi connectivity index (χ1n) is 12.0. The normalized spacial score (nSPS) is 11.3. The average Bonchev–Trinajstić information content (AvgIpc) is 2.70. The molecule has 1 N–H and O–H groups in total. The van der Waals surface area contributed by atoms with Gasteiger partial charge in [0.15, 0.2) is 0 Å². The third-order valence-electron chi connectivity index (χ3n) is 5.86. The largest absolute Gasteiger partial charge is 0.508 e. The maximum atomic E-state index is 11.7. The molecule has 0 bridgehead atoms. The van der Waals surface area contributed by atoms with Crippen molar-refractivity contribution in [2.75, 3.05) is 0 Å². The number of hydrogen-bond donors (Lipinski definition) is 1. The second-order valence-corrected chi connectivity index (χ2v) is 8.47. The van der Waals surface area contributed by atoms with Crippen molar-refractivity contribution in [3.63, 3.8) is 0 Å². The van der Waals surface area contributed by atoms with Crippen molar-refractivity contribution in [1.29, 1.82) is 0 Å². The summed E-state index contributed by atoms with van der Waals surface area (Å²) in [6.45, 7) is 2.28. The van der Waals surface area contributed by atoms with Gasteiger partial charge in [0.2, 0.25) is 0 Å². The number of phenolic OH excluding ortho intramolecular Hbond substituents is 1. The number of benzene rings is 1. The Kier molecular flexibility index (Phi) is 11.6. The molecule has 3 nitrogen and oxygen atoms in total. The summed E-state index contributed by atoms with van der Waals surface area (Å²) in [5, 5.41) is 10.5. The van der Waals surface area contributed by atoms with E-state index < -0.39 is 0 Å². The molecule has 1 aromatic heterocycles. The Labute approximate surface area is 176 Å². The minimum Gasteiger partial charge on any atom is -0.508 e. The van der Waals surface area contributed by atoms with Crippen LogP contribution >= 0.6 is 0 Å². The summed E-state index contributed by atoms with van der Waals surface area (Å²) in [4.78, 5) is 11.7. The van der Waals surface area contributed by atoms with Crippen molar-refractivity contribution in [3.8, 4) is 5.75 Å². The second kappa shape index (κ2) is 14.3. The molecule has 0 saturated carbocycles. The van der Waals surface area contributed by atoms with E-state index >= 15 is 0 Å². The molecular weight excluding hydrogens is 360 g/mol. The highest BCUT2D eigenvalue weighted by atomic mass is 16.4. The molecule has 1 aromatic carbocycles. The molecule has 29 heavy (non-hydrogen) atoms.